The molecule has 0 heterocycles. The Labute approximate surface area is 161 Å². The average molecular weight is 419 g/mol. The lowest BCUT2D eigenvalue weighted by Gasteiger charge is -2.21. The van der Waals surface area contributed by atoms with Crippen molar-refractivity contribution in [3.05, 3.63) is 56.6 Å². The van der Waals surface area contributed by atoms with Crippen LogP contribution in [0.1, 0.15) is 16.7 Å². The number of halogens is 4. The number of carbonyl (C=O) groups is 1. The molecule has 0 saturated heterocycles. The van der Waals surface area contributed by atoms with Crippen LogP contribution in [0.15, 0.2) is 18.2 Å². The molecule has 0 atom stereocenters. The first-order valence-corrected chi connectivity index (χ1v) is 12.1. The van der Waals surface area contributed by atoms with Gasteiger partial charge in [0.15, 0.2) is 0 Å². The Morgan fingerprint density at radius 1 is 1.12 bits per heavy atom. The maximum Gasteiger partial charge on any atom is 0.307 e. The number of aromatic hydroxyl groups is 1. The van der Waals surface area contributed by atoms with Crippen molar-refractivity contribution in [2.75, 3.05) is 0 Å². The van der Waals surface area contributed by atoms with E-state index in [-0.39, 0.29) is 44.1 Å². The van der Waals surface area contributed by atoms with Crippen LogP contribution in [0.3, 0.4) is 0 Å². The number of hydrogen-bond acceptors (Lipinski definition) is 2. The molecule has 0 spiro atoms. The second-order valence-electron chi connectivity index (χ2n) is 7.05. The fourth-order valence-corrected chi connectivity index (χ4v) is 5.09. The number of phenolic OH excluding ortho intramolecular Hbond substituents is 1. The molecule has 3 nitrogen and oxygen atoms in total. The minimum absolute atomic E-state index is 0.0645. The van der Waals surface area contributed by atoms with Crippen molar-refractivity contribution in [3.8, 4) is 5.75 Å². The first-order chi connectivity index (χ1) is 11.9. The standard InChI is InChI=1S/C18H18Cl2F2O3Si/c1-26(2,3)18-13(23)5-4-9(17(18)22)6-11-12(19)7-10(8-14(24)25)16(21)15(11)20/h4-5,7,23H,6,8H2,1-3H3,(H,24,25). The molecule has 0 aromatic heterocycles. The van der Waals surface area contributed by atoms with Crippen LogP contribution in [0.2, 0.25) is 29.7 Å². The lowest BCUT2D eigenvalue weighted by Crippen LogP contribution is -2.40. The van der Waals surface area contributed by atoms with Gasteiger partial charge in [-0.2, -0.15) is 0 Å². The van der Waals surface area contributed by atoms with E-state index < -0.39 is 32.1 Å². The molecule has 140 valence electrons. The van der Waals surface area contributed by atoms with Crippen LogP contribution in [0.25, 0.3) is 0 Å². The third-order valence-electron chi connectivity index (χ3n) is 3.99. The molecule has 2 aromatic rings. The van der Waals surface area contributed by atoms with Crippen molar-refractivity contribution in [2.24, 2.45) is 0 Å². The summed E-state index contributed by atoms with van der Waals surface area (Å²) < 4.78 is 29.3. The summed E-state index contributed by atoms with van der Waals surface area (Å²) >= 11 is 12.2. The molecule has 0 bridgehead atoms. The van der Waals surface area contributed by atoms with Gasteiger partial charge in [0.2, 0.25) is 0 Å². The van der Waals surface area contributed by atoms with Crippen LogP contribution in [0.4, 0.5) is 8.78 Å². The molecule has 0 aliphatic carbocycles. The molecular weight excluding hydrogens is 401 g/mol. The molecular formula is C18H18Cl2F2O3Si. The maximum atomic E-state index is 14.9. The van der Waals surface area contributed by atoms with E-state index in [4.69, 9.17) is 28.3 Å². The first-order valence-electron chi connectivity index (χ1n) is 7.81. The summed E-state index contributed by atoms with van der Waals surface area (Å²) in [5.74, 6) is -2.75. The second kappa shape index (κ2) is 7.54. The summed E-state index contributed by atoms with van der Waals surface area (Å²) in [6.07, 6.45) is -0.634. The third kappa shape index (κ3) is 4.19. The molecule has 2 aromatic carbocycles. The van der Waals surface area contributed by atoms with Gasteiger partial charge in [0, 0.05) is 22.2 Å². The fourth-order valence-electron chi connectivity index (χ4n) is 2.78. The Hall–Kier alpha value is -1.63. The van der Waals surface area contributed by atoms with Gasteiger partial charge in [0.25, 0.3) is 0 Å². The van der Waals surface area contributed by atoms with E-state index in [1.54, 1.807) is 0 Å². The van der Waals surface area contributed by atoms with Crippen molar-refractivity contribution in [3.63, 3.8) is 0 Å². The number of hydrogen-bond donors (Lipinski definition) is 2. The van der Waals surface area contributed by atoms with Crippen LogP contribution < -0.4 is 5.19 Å². The Kier molecular flexibility index (Phi) is 6.00. The molecule has 0 aliphatic heterocycles. The summed E-state index contributed by atoms with van der Waals surface area (Å²) in [4.78, 5) is 10.8. The van der Waals surface area contributed by atoms with Gasteiger partial charge in [-0.05, 0) is 23.3 Å². The normalized spacial score (nSPS) is 11.7. The maximum absolute atomic E-state index is 14.9. The molecule has 0 saturated carbocycles. The number of aliphatic carboxylic acids is 1. The Morgan fingerprint density at radius 3 is 2.27 bits per heavy atom. The topological polar surface area (TPSA) is 57.5 Å². The van der Waals surface area contributed by atoms with E-state index >= 15 is 0 Å². The molecule has 8 heteroatoms. The first kappa shape index (κ1) is 20.7. The Bertz CT molecular complexity index is 880. The van der Waals surface area contributed by atoms with Crippen molar-refractivity contribution >= 4 is 42.4 Å². The third-order valence-corrected chi connectivity index (χ3v) is 6.69. The van der Waals surface area contributed by atoms with Crippen LogP contribution in [0, 0.1) is 11.6 Å². The van der Waals surface area contributed by atoms with Crippen LogP contribution in [0.5, 0.6) is 5.75 Å². The summed E-state index contributed by atoms with van der Waals surface area (Å²) in [5, 5.41) is 18.9. The van der Waals surface area contributed by atoms with Gasteiger partial charge in [-0.25, -0.2) is 8.78 Å². The van der Waals surface area contributed by atoms with Gasteiger partial charge in [0.1, 0.15) is 17.4 Å². The minimum Gasteiger partial charge on any atom is -0.508 e. The monoisotopic (exact) mass is 418 g/mol. The van der Waals surface area contributed by atoms with E-state index in [9.17, 15) is 18.7 Å². The van der Waals surface area contributed by atoms with Crippen LogP contribution in [-0.4, -0.2) is 24.3 Å². The zero-order valence-corrected chi connectivity index (χ0v) is 17.0. The fraction of sp³-hybridized carbons (Fsp3) is 0.278. The van der Waals surface area contributed by atoms with Gasteiger partial charge in [0.05, 0.1) is 19.5 Å². The van der Waals surface area contributed by atoms with Crippen LogP contribution in [-0.2, 0) is 17.6 Å². The minimum atomic E-state index is -2.17. The molecule has 2 rings (SSSR count). The van der Waals surface area contributed by atoms with Gasteiger partial charge in [-0.1, -0.05) is 48.9 Å². The predicted molar refractivity (Wildman–Crippen MR) is 102 cm³/mol. The van der Waals surface area contributed by atoms with Gasteiger partial charge in [-0.15, -0.1) is 0 Å². The largest absolute Gasteiger partial charge is 0.508 e. The van der Waals surface area contributed by atoms with Crippen molar-refractivity contribution in [1.82, 2.24) is 0 Å². The number of carboxylic acids is 1. The molecule has 0 unspecified atom stereocenters. The lowest BCUT2D eigenvalue weighted by molar-refractivity contribution is -0.136. The summed E-state index contributed by atoms with van der Waals surface area (Å²) in [6.45, 7) is 5.69. The van der Waals surface area contributed by atoms with E-state index in [0.29, 0.717) is 0 Å². The number of benzene rings is 2. The number of rotatable bonds is 5. The second-order valence-corrected chi connectivity index (χ2v) is 12.8. The Morgan fingerprint density at radius 2 is 1.73 bits per heavy atom. The SMILES string of the molecule is C[Si](C)(C)c1c(O)ccc(Cc2c(Cl)cc(CC(=O)O)c(F)c2Cl)c1F. The Balaban J connectivity index is 2.53. The van der Waals surface area contributed by atoms with E-state index in [0.717, 1.165) is 0 Å². The molecule has 0 amide bonds. The quantitative estimate of drug-likeness (QED) is 0.544. The highest BCUT2D eigenvalue weighted by Crippen LogP contribution is 2.33. The molecule has 2 N–H and O–H groups in total. The van der Waals surface area contributed by atoms with E-state index in [2.05, 4.69) is 0 Å². The highest BCUT2D eigenvalue weighted by molar-refractivity contribution is 6.89. The number of carboxylic acid groups (broad SMARTS) is 1. The zero-order chi connectivity index (χ0) is 19.8. The smallest absolute Gasteiger partial charge is 0.307 e. The van der Waals surface area contributed by atoms with Crippen molar-refractivity contribution in [1.29, 1.82) is 0 Å². The highest BCUT2D eigenvalue weighted by Gasteiger charge is 2.27. The number of phenols is 1. The summed E-state index contributed by atoms with van der Waals surface area (Å²) in [5.41, 5.74) is 0.269. The molecule has 0 radical (unpaired) electrons. The van der Waals surface area contributed by atoms with Crippen molar-refractivity contribution < 1.29 is 23.8 Å². The van der Waals surface area contributed by atoms with Gasteiger partial charge < -0.3 is 10.2 Å². The van der Waals surface area contributed by atoms with E-state index in [1.165, 1.54) is 18.2 Å². The van der Waals surface area contributed by atoms with Gasteiger partial charge >= 0.3 is 5.97 Å². The average Bonchev–Trinajstić information content (AvgIpc) is 2.49. The summed E-state index contributed by atoms with van der Waals surface area (Å²) in [6, 6.07) is 4.01. The predicted octanol–water partition coefficient (Wildman–Crippen LogP) is 4.74. The molecule has 26 heavy (non-hydrogen) atoms. The lowest BCUT2D eigenvalue weighted by atomic mass is 10.0. The van der Waals surface area contributed by atoms with Crippen LogP contribution >= 0.6 is 23.2 Å². The van der Waals surface area contributed by atoms with Crippen molar-refractivity contribution in [2.45, 2.75) is 32.5 Å². The molecule has 0 fully saturated rings. The zero-order valence-electron chi connectivity index (χ0n) is 14.5. The highest BCUT2D eigenvalue weighted by atomic mass is 35.5. The van der Waals surface area contributed by atoms with Gasteiger partial charge in [-0.3, -0.25) is 4.79 Å². The van der Waals surface area contributed by atoms with E-state index in [1.807, 2.05) is 19.6 Å². The molecule has 0 aliphatic rings. The summed E-state index contributed by atoms with van der Waals surface area (Å²) in [7, 11) is -2.17.